The van der Waals surface area contributed by atoms with Gasteiger partial charge in [-0.05, 0) is 25.3 Å². The zero-order valence-electron chi connectivity index (χ0n) is 11.5. The summed E-state index contributed by atoms with van der Waals surface area (Å²) in [5.41, 5.74) is 0.0212. The molecule has 1 saturated heterocycles. The molecule has 7 heteroatoms. The number of pyridine rings is 1. The number of anilines is 1. The van der Waals surface area contributed by atoms with Crippen LogP contribution in [0.1, 0.15) is 36.7 Å². The first-order valence-corrected chi connectivity index (χ1v) is 6.58. The largest absolute Gasteiger partial charge is 0.464 e. The Labute approximate surface area is 116 Å². The van der Waals surface area contributed by atoms with Crippen molar-refractivity contribution in [2.24, 2.45) is 0 Å². The molecule has 7 nitrogen and oxygen atoms in total. The van der Waals surface area contributed by atoms with E-state index in [1.165, 1.54) is 19.2 Å². The molecular formula is C13H17N3O4. The number of carbonyl (C=O) groups is 1. The third kappa shape index (κ3) is 2.56. The van der Waals surface area contributed by atoms with Gasteiger partial charge in [0.25, 0.3) is 0 Å². The van der Waals surface area contributed by atoms with Crippen LogP contribution in [0.4, 0.5) is 11.5 Å². The maximum absolute atomic E-state index is 11.5. The Balaban J connectivity index is 2.46. The average molecular weight is 279 g/mol. The monoisotopic (exact) mass is 279 g/mol. The van der Waals surface area contributed by atoms with Crippen molar-refractivity contribution in [1.29, 1.82) is 0 Å². The number of hydrogen-bond acceptors (Lipinski definition) is 6. The van der Waals surface area contributed by atoms with Gasteiger partial charge in [-0.15, -0.1) is 0 Å². The summed E-state index contributed by atoms with van der Waals surface area (Å²) < 4.78 is 4.62. The lowest BCUT2D eigenvalue weighted by molar-refractivity contribution is -0.384. The second kappa shape index (κ2) is 5.85. The van der Waals surface area contributed by atoms with Gasteiger partial charge in [-0.1, -0.05) is 6.92 Å². The molecule has 20 heavy (non-hydrogen) atoms. The Kier molecular flexibility index (Phi) is 4.16. The van der Waals surface area contributed by atoms with E-state index in [0.717, 1.165) is 25.8 Å². The van der Waals surface area contributed by atoms with Crippen molar-refractivity contribution in [3.63, 3.8) is 0 Å². The molecule has 0 bridgehead atoms. The zero-order valence-corrected chi connectivity index (χ0v) is 11.5. The van der Waals surface area contributed by atoms with Gasteiger partial charge in [0.05, 0.1) is 12.0 Å². The van der Waals surface area contributed by atoms with E-state index in [4.69, 9.17) is 0 Å². The zero-order chi connectivity index (χ0) is 14.7. The van der Waals surface area contributed by atoms with Gasteiger partial charge in [-0.2, -0.15) is 0 Å². The van der Waals surface area contributed by atoms with Gasteiger partial charge < -0.3 is 9.64 Å². The molecule has 1 atom stereocenters. The fourth-order valence-corrected chi connectivity index (χ4v) is 2.55. The van der Waals surface area contributed by atoms with Gasteiger partial charge in [0, 0.05) is 18.7 Å². The molecule has 2 heterocycles. The minimum Gasteiger partial charge on any atom is -0.464 e. The molecule has 0 N–H and O–H groups in total. The second-order valence-corrected chi connectivity index (χ2v) is 4.69. The van der Waals surface area contributed by atoms with E-state index < -0.39 is 10.9 Å². The maximum Gasteiger partial charge on any atom is 0.356 e. The number of rotatable bonds is 4. The summed E-state index contributed by atoms with van der Waals surface area (Å²) in [6.45, 7) is 2.76. The van der Waals surface area contributed by atoms with Gasteiger partial charge in [0.1, 0.15) is 0 Å². The molecule has 1 aliphatic rings. The number of hydrogen-bond donors (Lipinski definition) is 0. The number of ether oxygens (including phenoxy) is 1. The van der Waals surface area contributed by atoms with Crippen molar-refractivity contribution >= 4 is 17.5 Å². The first-order chi connectivity index (χ1) is 9.58. The van der Waals surface area contributed by atoms with Gasteiger partial charge in [-0.25, -0.2) is 9.78 Å². The molecule has 0 spiro atoms. The number of nitro groups is 1. The predicted molar refractivity (Wildman–Crippen MR) is 72.9 cm³/mol. The highest BCUT2D eigenvalue weighted by Crippen LogP contribution is 2.33. The lowest BCUT2D eigenvalue weighted by Crippen LogP contribution is -2.30. The first kappa shape index (κ1) is 14.2. The van der Waals surface area contributed by atoms with Crippen LogP contribution >= 0.6 is 0 Å². The number of methoxy groups -OCH3 is 1. The Morgan fingerprint density at radius 2 is 2.35 bits per heavy atom. The molecule has 108 valence electrons. The highest BCUT2D eigenvalue weighted by atomic mass is 16.6. The Morgan fingerprint density at radius 3 is 2.95 bits per heavy atom. The Hall–Kier alpha value is -2.18. The summed E-state index contributed by atoms with van der Waals surface area (Å²) in [7, 11) is 1.26. The third-order valence-electron chi connectivity index (χ3n) is 3.57. The highest BCUT2D eigenvalue weighted by molar-refractivity contribution is 5.88. The van der Waals surface area contributed by atoms with E-state index >= 15 is 0 Å². The van der Waals surface area contributed by atoms with Crippen molar-refractivity contribution < 1.29 is 14.5 Å². The van der Waals surface area contributed by atoms with Gasteiger partial charge in [-0.3, -0.25) is 10.1 Å². The van der Waals surface area contributed by atoms with Crippen LogP contribution in [0.15, 0.2) is 12.1 Å². The van der Waals surface area contributed by atoms with Crippen LogP contribution in [0.2, 0.25) is 0 Å². The molecule has 0 amide bonds. The van der Waals surface area contributed by atoms with E-state index in [-0.39, 0.29) is 23.2 Å². The lowest BCUT2D eigenvalue weighted by atomic mass is 10.1. The standard InChI is InChI=1S/C13H17N3O4/c1-3-9-5-4-8-15(9)12-11(16(18)19)7-6-10(14-12)13(17)20-2/h6-7,9H,3-5,8H2,1-2H3. The summed E-state index contributed by atoms with van der Waals surface area (Å²) in [5, 5.41) is 11.1. The molecule has 1 aliphatic heterocycles. The van der Waals surface area contributed by atoms with Gasteiger partial charge in [0.15, 0.2) is 5.69 Å². The van der Waals surface area contributed by atoms with Crippen molar-refractivity contribution in [1.82, 2.24) is 4.98 Å². The highest BCUT2D eigenvalue weighted by Gasteiger charge is 2.31. The Morgan fingerprint density at radius 1 is 1.60 bits per heavy atom. The van der Waals surface area contributed by atoms with E-state index in [1.54, 1.807) is 0 Å². The van der Waals surface area contributed by atoms with Crippen LogP contribution < -0.4 is 4.90 Å². The van der Waals surface area contributed by atoms with Crippen LogP contribution in [0.5, 0.6) is 0 Å². The molecule has 0 aliphatic carbocycles. The summed E-state index contributed by atoms with van der Waals surface area (Å²) in [6, 6.07) is 2.87. The molecule has 1 unspecified atom stereocenters. The van der Waals surface area contributed by atoms with Crippen LogP contribution in [-0.2, 0) is 4.74 Å². The van der Waals surface area contributed by atoms with E-state index in [0.29, 0.717) is 0 Å². The smallest absolute Gasteiger partial charge is 0.356 e. The average Bonchev–Trinajstić information content (AvgIpc) is 2.93. The quantitative estimate of drug-likeness (QED) is 0.477. The van der Waals surface area contributed by atoms with Crippen LogP contribution in [0, 0.1) is 10.1 Å². The van der Waals surface area contributed by atoms with E-state index in [1.807, 2.05) is 11.8 Å². The molecule has 1 fully saturated rings. The molecular weight excluding hydrogens is 262 g/mol. The number of carbonyl (C=O) groups excluding carboxylic acids is 1. The van der Waals surface area contributed by atoms with Crippen molar-refractivity contribution in [2.45, 2.75) is 32.2 Å². The third-order valence-corrected chi connectivity index (χ3v) is 3.57. The van der Waals surface area contributed by atoms with Crippen LogP contribution in [0.3, 0.4) is 0 Å². The number of esters is 1. The second-order valence-electron chi connectivity index (χ2n) is 4.69. The number of nitrogens with zero attached hydrogens (tertiary/aromatic N) is 3. The molecule has 1 aromatic heterocycles. The van der Waals surface area contributed by atoms with Crippen LogP contribution in [0.25, 0.3) is 0 Å². The lowest BCUT2D eigenvalue weighted by Gasteiger charge is -2.24. The van der Waals surface area contributed by atoms with E-state index in [9.17, 15) is 14.9 Å². The van der Waals surface area contributed by atoms with E-state index in [2.05, 4.69) is 9.72 Å². The van der Waals surface area contributed by atoms with Gasteiger partial charge in [0.2, 0.25) is 5.82 Å². The topological polar surface area (TPSA) is 85.6 Å². The SMILES string of the molecule is CCC1CCCN1c1nc(C(=O)OC)ccc1[N+](=O)[O-]. The fraction of sp³-hybridized carbons (Fsp3) is 0.538. The maximum atomic E-state index is 11.5. The molecule has 0 saturated carbocycles. The molecule has 0 aromatic carbocycles. The fourth-order valence-electron chi connectivity index (χ4n) is 2.55. The number of aromatic nitrogens is 1. The van der Waals surface area contributed by atoms with Crippen molar-refractivity contribution in [2.75, 3.05) is 18.6 Å². The predicted octanol–water partition coefficient (Wildman–Crippen LogP) is 2.16. The Bertz CT molecular complexity index is 532. The minimum absolute atomic E-state index is 0.0713. The normalized spacial score (nSPS) is 18.1. The molecule has 2 rings (SSSR count). The van der Waals surface area contributed by atoms with Crippen molar-refractivity contribution in [3.8, 4) is 0 Å². The van der Waals surface area contributed by atoms with Crippen molar-refractivity contribution in [3.05, 3.63) is 27.9 Å². The summed E-state index contributed by atoms with van der Waals surface area (Å²) in [4.78, 5) is 28.3. The molecule has 1 aromatic rings. The molecule has 0 radical (unpaired) electrons. The summed E-state index contributed by atoms with van der Waals surface area (Å²) in [6.07, 6.45) is 2.85. The minimum atomic E-state index is -0.589. The summed E-state index contributed by atoms with van der Waals surface area (Å²) >= 11 is 0. The van der Waals surface area contributed by atoms with Gasteiger partial charge >= 0.3 is 11.7 Å². The summed E-state index contributed by atoms with van der Waals surface area (Å²) in [5.74, 6) is -0.323. The first-order valence-electron chi connectivity index (χ1n) is 6.58. The van der Waals surface area contributed by atoms with Crippen LogP contribution in [-0.4, -0.2) is 35.6 Å².